The zero-order chi connectivity index (χ0) is 27.5. The quantitative estimate of drug-likeness (QED) is 0.187. The molecular formula is C14H25ClN2O14S4. The van der Waals surface area contributed by atoms with E-state index >= 15 is 0 Å². The zero-order valence-electron chi connectivity index (χ0n) is 18.4. The van der Waals surface area contributed by atoms with Crippen LogP contribution in [0.1, 0.15) is 13.8 Å². The number of nitrogens with zero attached hydrogens (tertiary/aromatic N) is 1. The molecule has 2 aliphatic rings. The normalized spacial score (nSPS) is 25.3. The first-order chi connectivity index (χ1) is 15.5. The van der Waals surface area contributed by atoms with Crippen molar-refractivity contribution in [2.75, 3.05) is 47.7 Å². The van der Waals surface area contributed by atoms with Crippen molar-refractivity contribution in [3.63, 3.8) is 0 Å². The Morgan fingerprint density at radius 3 is 1.63 bits per heavy atom. The van der Waals surface area contributed by atoms with Crippen LogP contribution in [0.2, 0.25) is 0 Å². The van der Waals surface area contributed by atoms with Gasteiger partial charge in [0.2, 0.25) is 0 Å². The lowest BCUT2D eigenvalue weighted by atomic mass is 10.1. The van der Waals surface area contributed by atoms with Crippen LogP contribution in [-0.4, -0.2) is 118 Å². The Kier molecular flexibility index (Phi) is 9.82. The van der Waals surface area contributed by atoms with Gasteiger partial charge >= 0.3 is 12.2 Å². The predicted molar refractivity (Wildman–Crippen MR) is 120 cm³/mol. The van der Waals surface area contributed by atoms with Crippen molar-refractivity contribution in [3.05, 3.63) is 0 Å². The molecule has 2 atom stereocenters. The molecule has 0 spiro atoms. The van der Waals surface area contributed by atoms with Crippen LogP contribution < -0.4 is 5.32 Å². The molecule has 2 unspecified atom stereocenters. The van der Waals surface area contributed by atoms with E-state index in [0.717, 1.165) is 0 Å². The summed E-state index contributed by atoms with van der Waals surface area (Å²) in [4.78, 5) is 21.8. The van der Waals surface area contributed by atoms with E-state index in [0.29, 0.717) is 4.42 Å². The largest absolute Gasteiger partial charge is 0.447 e. The third kappa shape index (κ3) is 11.4. The summed E-state index contributed by atoms with van der Waals surface area (Å²) in [6, 6.07) is 0. The van der Waals surface area contributed by atoms with Crippen LogP contribution in [0.4, 0.5) is 9.59 Å². The third-order valence-corrected chi connectivity index (χ3v) is 10.7. The summed E-state index contributed by atoms with van der Waals surface area (Å²) < 4.78 is 115. The van der Waals surface area contributed by atoms with Gasteiger partial charge in [-0.15, -0.1) is 0 Å². The first-order valence-electron chi connectivity index (χ1n) is 9.35. The van der Waals surface area contributed by atoms with Crippen molar-refractivity contribution in [2.45, 2.75) is 24.9 Å². The number of carbonyl (C=O) groups excluding carboxylic acids is 2. The van der Waals surface area contributed by atoms with Crippen molar-refractivity contribution in [3.8, 4) is 0 Å². The second-order valence-electron chi connectivity index (χ2n) is 8.35. The lowest BCUT2D eigenvalue weighted by Crippen LogP contribution is -2.47. The molecule has 21 heteroatoms. The molecular weight excluding hydrogens is 584 g/mol. The smallest absolute Gasteiger partial charge is 0.425 e. The van der Waals surface area contributed by atoms with E-state index in [1.165, 1.54) is 13.8 Å². The van der Waals surface area contributed by atoms with E-state index in [9.17, 15) is 43.3 Å². The van der Waals surface area contributed by atoms with Crippen molar-refractivity contribution >= 4 is 63.9 Å². The van der Waals surface area contributed by atoms with Crippen LogP contribution in [-0.2, 0) is 49.4 Å². The van der Waals surface area contributed by atoms with Crippen LogP contribution in [0.3, 0.4) is 0 Å². The van der Waals surface area contributed by atoms with Crippen molar-refractivity contribution in [1.29, 1.82) is 0 Å². The Hall–Kier alpha value is -1.45. The summed E-state index contributed by atoms with van der Waals surface area (Å²) in [6.45, 7) is 2.57. The molecule has 2 saturated heterocycles. The Morgan fingerprint density at radius 2 is 1.29 bits per heavy atom. The number of hydrogen-bond donors (Lipinski definition) is 3. The van der Waals surface area contributed by atoms with Gasteiger partial charge in [-0.25, -0.2) is 30.8 Å². The van der Waals surface area contributed by atoms with E-state index in [2.05, 4.69) is 14.8 Å². The molecule has 2 aliphatic heterocycles. The summed E-state index contributed by atoms with van der Waals surface area (Å²) in [7, 11) is -16.2. The highest BCUT2D eigenvalue weighted by molar-refractivity contribution is 7.93. The number of ether oxygens (including phenoxy) is 2. The molecule has 35 heavy (non-hydrogen) atoms. The average molecular weight is 609 g/mol. The average Bonchev–Trinajstić information content (AvgIpc) is 3.10. The van der Waals surface area contributed by atoms with Crippen LogP contribution in [0.15, 0.2) is 0 Å². The summed E-state index contributed by atoms with van der Waals surface area (Å²) in [5, 5.41) is 2.33. The van der Waals surface area contributed by atoms with Gasteiger partial charge in [0.15, 0.2) is 19.7 Å². The lowest BCUT2D eigenvalue weighted by molar-refractivity contribution is 0.169. The Bertz CT molecular complexity index is 1250. The standard InChI is InChI=1S/C7H12ClNO7S2.C7H13NO7S2/c1-7(4-16-6(10)9(7)8)5-17(11,12)2-3-18(13,14)15;1-7(4-15-6(9)8-7)5-16(10,11)2-3-17(12,13)14/h2-5H2,1H3,(H,13,14,15);2-5H2,1H3,(H,8,9)(H,12,13,14). The fraction of sp³-hybridized carbons (Fsp3) is 0.857. The molecule has 0 bridgehead atoms. The van der Waals surface area contributed by atoms with Crippen LogP contribution in [0, 0.1) is 0 Å². The predicted octanol–water partition coefficient (Wildman–Crippen LogP) is -1.56. The first-order valence-corrected chi connectivity index (χ1v) is 16.6. The number of sulfone groups is 2. The minimum absolute atomic E-state index is 0.100. The van der Waals surface area contributed by atoms with E-state index in [-0.39, 0.29) is 13.2 Å². The van der Waals surface area contributed by atoms with E-state index < -0.39 is 97.7 Å². The van der Waals surface area contributed by atoms with Gasteiger partial charge in [0, 0.05) is 11.8 Å². The van der Waals surface area contributed by atoms with Gasteiger partial charge < -0.3 is 14.8 Å². The van der Waals surface area contributed by atoms with Crippen molar-refractivity contribution in [1.82, 2.24) is 9.74 Å². The summed E-state index contributed by atoms with van der Waals surface area (Å²) in [5.74, 6) is -4.20. The fourth-order valence-corrected chi connectivity index (χ4v) is 9.36. The highest BCUT2D eigenvalue weighted by Crippen LogP contribution is 2.28. The van der Waals surface area contributed by atoms with Crippen LogP contribution in [0.25, 0.3) is 0 Å². The Balaban J connectivity index is 0.000000351. The minimum Gasteiger partial charge on any atom is -0.447 e. The van der Waals surface area contributed by atoms with Gasteiger partial charge in [-0.2, -0.15) is 16.8 Å². The number of cyclic esters (lactones) is 2. The molecule has 2 heterocycles. The summed E-state index contributed by atoms with van der Waals surface area (Å²) in [6.07, 6.45) is -1.57. The number of amides is 2. The maximum Gasteiger partial charge on any atom is 0.425 e. The lowest BCUT2D eigenvalue weighted by Gasteiger charge is -2.25. The topological polar surface area (TPSA) is 245 Å². The number of rotatable bonds is 10. The number of halogens is 1. The van der Waals surface area contributed by atoms with Gasteiger partial charge in [-0.05, 0) is 13.8 Å². The molecule has 2 rings (SSSR count). The summed E-state index contributed by atoms with van der Waals surface area (Å²) in [5.41, 5.74) is -2.31. The minimum atomic E-state index is -4.36. The van der Waals surface area contributed by atoms with Gasteiger partial charge in [0.05, 0.1) is 40.1 Å². The Labute approximate surface area is 207 Å². The highest BCUT2D eigenvalue weighted by Gasteiger charge is 2.46. The van der Waals surface area contributed by atoms with Crippen molar-refractivity contribution in [2.24, 2.45) is 0 Å². The van der Waals surface area contributed by atoms with Crippen molar-refractivity contribution < 1.29 is 61.8 Å². The van der Waals surface area contributed by atoms with Crippen LogP contribution in [0.5, 0.6) is 0 Å². The van der Waals surface area contributed by atoms with Gasteiger partial charge in [-0.1, -0.05) is 0 Å². The van der Waals surface area contributed by atoms with Crippen LogP contribution >= 0.6 is 11.8 Å². The maximum absolute atomic E-state index is 11.7. The monoisotopic (exact) mass is 608 g/mol. The van der Waals surface area contributed by atoms with Gasteiger partial charge in [0.1, 0.15) is 18.8 Å². The third-order valence-electron chi connectivity index (χ3n) is 4.44. The molecule has 0 radical (unpaired) electrons. The van der Waals surface area contributed by atoms with Gasteiger partial charge in [0.25, 0.3) is 20.2 Å². The molecule has 2 amide bonds. The number of carbonyl (C=O) groups is 2. The molecule has 0 saturated carbocycles. The molecule has 0 aliphatic carbocycles. The highest BCUT2D eigenvalue weighted by atomic mass is 35.5. The SMILES string of the molecule is CC1(CS(=O)(=O)CCS(=O)(=O)O)COC(=O)N1.CC1(CS(=O)(=O)CCS(=O)(=O)O)COC(=O)N1Cl. The first kappa shape index (κ1) is 31.6. The number of hydrogen-bond acceptors (Lipinski definition) is 12. The van der Waals surface area contributed by atoms with E-state index in [4.69, 9.17) is 20.9 Å². The molecule has 206 valence electrons. The second-order valence-corrected chi connectivity index (χ2v) is 16.2. The zero-order valence-corrected chi connectivity index (χ0v) is 22.4. The van der Waals surface area contributed by atoms with Gasteiger partial charge in [-0.3, -0.25) is 9.11 Å². The molecule has 3 N–H and O–H groups in total. The molecule has 0 aromatic rings. The fourth-order valence-electron chi connectivity index (χ4n) is 2.84. The number of nitrogens with one attached hydrogen (secondary N) is 1. The molecule has 2 fully saturated rings. The Morgan fingerprint density at radius 1 is 0.829 bits per heavy atom. The maximum atomic E-state index is 11.7. The van der Waals surface area contributed by atoms with E-state index in [1.54, 1.807) is 0 Å². The summed E-state index contributed by atoms with van der Waals surface area (Å²) >= 11 is 5.59. The number of alkyl carbamates (subject to hydrolysis) is 1. The second kappa shape index (κ2) is 10.9. The molecule has 16 nitrogen and oxygen atoms in total. The van der Waals surface area contributed by atoms with E-state index in [1.807, 2.05) is 0 Å². The molecule has 0 aromatic heterocycles. The molecule has 0 aromatic carbocycles.